The van der Waals surface area contributed by atoms with Gasteiger partial charge in [-0.3, -0.25) is 14.8 Å². The van der Waals surface area contributed by atoms with E-state index < -0.39 is 15.9 Å². The number of carbonyl (C=O) groups is 1. The zero-order valence-electron chi connectivity index (χ0n) is 18.4. The Kier molecular flexibility index (Phi) is 9.03. The summed E-state index contributed by atoms with van der Waals surface area (Å²) in [7, 11) is -3.73. The molecule has 0 radical (unpaired) electrons. The summed E-state index contributed by atoms with van der Waals surface area (Å²) >= 11 is 8.63. The number of halogens is 1. The summed E-state index contributed by atoms with van der Waals surface area (Å²) in [6.07, 6.45) is 1.86. The molecular formula is C24H24BrN3O4S2. The van der Waals surface area contributed by atoms with Crippen molar-refractivity contribution in [3.05, 3.63) is 82.8 Å². The van der Waals surface area contributed by atoms with E-state index in [9.17, 15) is 13.2 Å². The second kappa shape index (κ2) is 12.0. The fraction of sp³-hybridized carbons (Fsp3) is 0.167. The lowest BCUT2D eigenvalue weighted by molar-refractivity contribution is 0.0973. The standard InChI is InChI=1S/C24H24BrN3O4S2/c1-2-3-15-32-22-14-9-17(25)16-21(22)23(29)27-24(33)26-18-10-12-20(13-11-18)34(30,31)28-19-7-5-4-6-8-19/h4-14,16,28H,2-3,15H2,1H3,(H2,26,27,29,33). The molecule has 0 unspecified atom stereocenters. The fourth-order valence-electron chi connectivity index (χ4n) is 2.90. The van der Waals surface area contributed by atoms with Crippen LogP contribution in [0.15, 0.2) is 82.2 Å². The zero-order chi connectivity index (χ0) is 24.6. The highest BCUT2D eigenvalue weighted by Gasteiger charge is 2.16. The number of hydrogen-bond donors (Lipinski definition) is 3. The largest absolute Gasteiger partial charge is 0.493 e. The first-order chi connectivity index (χ1) is 16.3. The number of carbonyl (C=O) groups excluding carboxylic acids is 1. The molecule has 0 spiro atoms. The van der Waals surface area contributed by atoms with Crippen molar-refractivity contribution in [3.8, 4) is 5.75 Å². The molecule has 0 aromatic heterocycles. The molecule has 3 rings (SSSR count). The molecule has 0 fully saturated rings. The number of benzene rings is 3. The van der Waals surface area contributed by atoms with Gasteiger partial charge in [0.05, 0.1) is 17.1 Å². The third kappa shape index (κ3) is 7.28. The lowest BCUT2D eigenvalue weighted by Crippen LogP contribution is -2.34. The molecule has 0 atom stereocenters. The predicted molar refractivity (Wildman–Crippen MR) is 142 cm³/mol. The maximum absolute atomic E-state index is 12.8. The van der Waals surface area contributed by atoms with Crippen molar-refractivity contribution >= 4 is 60.6 Å². The number of amides is 1. The summed E-state index contributed by atoms with van der Waals surface area (Å²) in [5, 5.41) is 5.59. The topological polar surface area (TPSA) is 96.5 Å². The van der Waals surface area contributed by atoms with Crippen LogP contribution in [0.25, 0.3) is 0 Å². The van der Waals surface area contributed by atoms with E-state index in [-0.39, 0.29) is 10.0 Å². The van der Waals surface area contributed by atoms with E-state index in [1.807, 2.05) is 0 Å². The van der Waals surface area contributed by atoms with E-state index >= 15 is 0 Å². The minimum atomic E-state index is -3.73. The van der Waals surface area contributed by atoms with Crippen molar-refractivity contribution in [2.75, 3.05) is 16.6 Å². The van der Waals surface area contributed by atoms with E-state index in [1.165, 1.54) is 12.1 Å². The second-order valence-corrected chi connectivity index (χ2v) is 10.3. The molecule has 3 aromatic carbocycles. The Balaban J connectivity index is 1.63. The van der Waals surface area contributed by atoms with E-state index in [0.717, 1.165) is 17.3 Å². The first kappa shape index (κ1) is 25.7. The van der Waals surface area contributed by atoms with Gasteiger partial charge >= 0.3 is 0 Å². The molecule has 0 aliphatic carbocycles. The highest BCUT2D eigenvalue weighted by atomic mass is 79.9. The van der Waals surface area contributed by atoms with Gasteiger partial charge in [-0.25, -0.2) is 8.42 Å². The quantitative estimate of drug-likeness (QED) is 0.234. The Hall–Kier alpha value is -2.95. The molecule has 7 nitrogen and oxygen atoms in total. The number of nitrogens with one attached hydrogen (secondary N) is 3. The van der Waals surface area contributed by atoms with Gasteiger partial charge in [0.1, 0.15) is 5.75 Å². The van der Waals surface area contributed by atoms with Crippen molar-refractivity contribution in [3.63, 3.8) is 0 Å². The minimum absolute atomic E-state index is 0.0718. The van der Waals surface area contributed by atoms with Crippen molar-refractivity contribution in [1.82, 2.24) is 5.32 Å². The summed E-state index contributed by atoms with van der Waals surface area (Å²) in [6, 6.07) is 19.9. The monoisotopic (exact) mass is 561 g/mol. The van der Waals surface area contributed by atoms with Gasteiger partial charge in [-0.1, -0.05) is 47.5 Å². The summed E-state index contributed by atoms with van der Waals surface area (Å²) in [6.45, 7) is 2.57. The molecule has 1 amide bonds. The normalized spacial score (nSPS) is 10.9. The SMILES string of the molecule is CCCCOc1ccc(Br)cc1C(=O)NC(=S)Nc1ccc(S(=O)(=O)Nc2ccccc2)cc1. The third-order valence-corrected chi connectivity index (χ3v) is 6.71. The number of hydrogen-bond acceptors (Lipinski definition) is 5. The third-order valence-electron chi connectivity index (χ3n) is 4.62. The summed E-state index contributed by atoms with van der Waals surface area (Å²) in [5.74, 6) is 0.0500. The summed E-state index contributed by atoms with van der Waals surface area (Å²) < 4.78 is 34.1. The van der Waals surface area contributed by atoms with Crippen LogP contribution in [0, 0.1) is 0 Å². The molecular weight excluding hydrogens is 538 g/mol. The van der Waals surface area contributed by atoms with Crippen LogP contribution in [0.3, 0.4) is 0 Å². The first-order valence-electron chi connectivity index (χ1n) is 10.5. The number of unbranched alkanes of at least 4 members (excludes halogenated alkanes) is 1. The molecule has 3 aromatic rings. The van der Waals surface area contributed by atoms with Gasteiger partial charge in [0.25, 0.3) is 15.9 Å². The predicted octanol–water partition coefficient (Wildman–Crippen LogP) is 5.56. The maximum Gasteiger partial charge on any atom is 0.261 e. The molecule has 34 heavy (non-hydrogen) atoms. The molecule has 0 saturated heterocycles. The van der Waals surface area contributed by atoms with Gasteiger partial charge in [0, 0.05) is 15.8 Å². The Morgan fingerprint density at radius 2 is 1.71 bits per heavy atom. The Morgan fingerprint density at radius 1 is 1.00 bits per heavy atom. The molecule has 178 valence electrons. The first-order valence-corrected chi connectivity index (χ1v) is 13.2. The zero-order valence-corrected chi connectivity index (χ0v) is 21.6. The molecule has 10 heteroatoms. The molecule has 0 heterocycles. The Bertz CT molecular complexity index is 1250. The van der Waals surface area contributed by atoms with Gasteiger partial charge in [0.15, 0.2) is 5.11 Å². The number of sulfonamides is 1. The van der Waals surface area contributed by atoms with Crippen LogP contribution in [0.1, 0.15) is 30.1 Å². The van der Waals surface area contributed by atoms with Crippen molar-refractivity contribution in [2.24, 2.45) is 0 Å². The highest BCUT2D eigenvalue weighted by molar-refractivity contribution is 9.10. The maximum atomic E-state index is 12.8. The van der Waals surface area contributed by atoms with E-state index in [2.05, 4.69) is 38.2 Å². The van der Waals surface area contributed by atoms with Gasteiger partial charge in [-0.05, 0) is 73.2 Å². The van der Waals surface area contributed by atoms with Crippen LogP contribution in [-0.2, 0) is 10.0 Å². The van der Waals surface area contributed by atoms with Crippen LogP contribution in [0.4, 0.5) is 11.4 Å². The lowest BCUT2D eigenvalue weighted by atomic mass is 10.2. The van der Waals surface area contributed by atoms with Crippen molar-refractivity contribution < 1.29 is 17.9 Å². The molecule has 0 aliphatic rings. The summed E-state index contributed by atoms with van der Waals surface area (Å²) in [5.41, 5.74) is 1.35. The second-order valence-electron chi connectivity index (χ2n) is 7.25. The number of anilines is 2. The van der Waals surface area contributed by atoms with E-state index in [0.29, 0.717) is 29.3 Å². The minimum Gasteiger partial charge on any atom is -0.493 e. The molecule has 0 bridgehead atoms. The smallest absolute Gasteiger partial charge is 0.261 e. The fourth-order valence-corrected chi connectivity index (χ4v) is 4.53. The molecule has 0 saturated carbocycles. The number of thiocarbonyl (C=S) groups is 1. The van der Waals surface area contributed by atoms with Gasteiger partial charge in [0.2, 0.25) is 0 Å². The molecule has 0 aliphatic heterocycles. The lowest BCUT2D eigenvalue weighted by Gasteiger charge is -2.14. The average Bonchev–Trinajstić information content (AvgIpc) is 2.80. The highest BCUT2D eigenvalue weighted by Crippen LogP contribution is 2.24. The van der Waals surface area contributed by atoms with Crippen LogP contribution in [0.2, 0.25) is 0 Å². The van der Waals surface area contributed by atoms with Gasteiger partial charge in [-0.2, -0.15) is 0 Å². The van der Waals surface area contributed by atoms with E-state index in [1.54, 1.807) is 60.7 Å². The van der Waals surface area contributed by atoms with Crippen molar-refractivity contribution in [1.29, 1.82) is 0 Å². The van der Waals surface area contributed by atoms with Crippen LogP contribution in [-0.4, -0.2) is 26.0 Å². The Morgan fingerprint density at radius 3 is 2.38 bits per heavy atom. The van der Waals surface area contributed by atoms with Gasteiger partial charge in [-0.15, -0.1) is 0 Å². The van der Waals surface area contributed by atoms with E-state index in [4.69, 9.17) is 17.0 Å². The van der Waals surface area contributed by atoms with Crippen LogP contribution >= 0.6 is 28.1 Å². The van der Waals surface area contributed by atoms with Crippen LogP contribution < -0.4 is 20.1 Å². The number of para-hydroxylation sites is 1. The average molecular weight is 563 g/mol. The Labute approximate surface area is 213 Å². The summed E-state index contributed by atoms with van der Waals surface area (Å²) in [4.78, 5) is 12.9. The van der Waals surface area contributed by atoms with Crippen LogP contribution in [0.5, 0.6) is 5.75 Å². The number of ether oxygens (including phenoxy) is 1. The number of rotatable bonds is 9. The van der Waals surface area contributed by atoms with Gasteiger partial charge < -0.3 is 10.1 Å². The molecule has 3 N–H and O–H groups in total. The van der Waals surface area contributed by atoms with Crippen molar-refractivity contribution in [2.45, 2.75) is 24.7 Å².